The summed E-state index contributed by atoms with van der Waals surface area (Å²) in [5.41, 5.74) is 0.866. The lowest BCUT2D eigenvalue weighted by Crippen LogP contribution is -2.29. The molecule has 0 fully saturated rings. The van der Waals surface area contributed by atoms with Crippen LogP contribution in [0, 0.1) is 5.82 Å². The minimum absolute atomic E-state index is 0.318. The van der Waals surface area contributed by atoms with Crippen LogP contribution in [-0.2, 0) is 0 Å². The fourth-order valence-electron chi connectivity index (χ4n) is 1.91. The summed E-state index contributed by atoms with van der Waals surface area (Å²) in [4.78, 5) is 8.03. The van der Waals surface area contributed by atoms with Crippen LogP contribution in [-0.4, -0.2) is 44.1 Å². The number of pyridine rings is 1. The second kappa shape index (κ2) is 5.72. The smallest absolute Gasteiger partial charge is 0.172 e. The van der Waals surface area contributed by atoms with Gasteiger partial charge in [-0.1, -0.05) is 11.6 Å². The maximum atomic E-state index is 14.4. The number of rotatable bonds is 4. The summed E-state index contributed by atoms with van der Waals surface area (Å²) in [6, 6.07) is 5.23. The highest BCUT2D eigenvalue weighted by molar-refractivity contribution is 6.35. The predicted molar refractivity (Wildman–Crippen MR) is 78.5 cm³/mol. The van der Waals surface area contributed by atoms with E-state index in [9.17, 15) is 4.39 Å². The molecule has 2 rings (SSSR count). The normalized spacial score (nSPS) is 11.3. The van der Waals surface area contributed by atoms with Crippen molar-refractivity contribution in [2.75, 3.05) is 39.1 Å². The molecule has 0 bridgehead atoms. The van der Waals surface area contributed by atoms with E-state index in [1.165, 1.54) is 6.20 Å². The van der Waals surface area contributed by atoms with Crippen LogP contribution >= 0.6 is 11.6 Å². The summed E-state index contributed by atoms with van der Waals surface area (Å²) >= 11 is 6.04. The molecule has 0 saturated heterocycles. The highest BCUT2D eigenvalue weighted by Crippen LogP contribution is 2.29. The van der Waals surface area contributed by atoms with Gasteiger partial charge in [0.05, 0.1) is 10.7 Å². The first-order valence-corrected chi connectivity index (χ1v) is 6.47. The molecule has 0 aliphatic carbocycles. The van der Waals surface area contributed by atoms with Gasteiger partial charge in [0, 0.05) is 31.7 Å². The molecule has 0 N–H and O–H groups in total. The Hall–Kier alpha value is -1.39. The summed E-state index contributed by atoms with van der Waals surface area (Å²) < 4.78 is 14.4. The lowest BCUT2D eigenvalue weighted by molar-refractivity contribution is 0.416. The third-order valence-electron chi connectivity index (χ3n) is 3.07. The van der Waals surface area contributed by atoms with E-state index in [1.807, 2.05) is 32.1 Å². The Labute approximate surface area is 117 Å². The van der Waals surface area contributed by atoms with Gasteiger partial charge in [0.15, 0.2) is 5.82 Å². The molecule has 19 heavy (non-hydrogen) atoms. The van der Waals surface area contributed by atoms with E-state index in [1.54, 1.807) is 12.1 Å². The van der Waals surface area contributed by atoms with E-state index in [0.717, 1.165) is 13.1 Å². The molecule has 0 amide bonds. The molecule has 0 spiro atoms. The van der Waals surface area contributed by atoms with Crippen LogP contribution in [0.4, 0.5) is 10.1 Å². The summed E-state index contributed by atoms with van der Waals surface area (Å²) in [5, 5.41) is 1.16. The molecule has 102 valence electrons. The first kappa shape index (κ1) is 14.0. The van der Waals surface area contributed by atoms with Gasteiger partial charge in [-0.3, -0.25) is 4.98 Å². The molecule has 3 nitrogen and oxygen atoms in total. The van der Waals surface area contributed by atoms with Crippen molar-refractivity contribution in [1.82, 2.24) is 9.88 Å². The van der Waals surface area contributed by atoms with Gasteiger partial charge in [-0.15, -0.1) is 0 Å². The molecule has 1 aromatic heterocycles. The number of anilines is 1. The molecule has 2 aromatic rings. The van der Waals surface area contributed by atoms with E-state index in [2.05, 4.69) is 9.88 Å². The molecule has 5 heteroatoms. The fraction of sp³-hybridized carbons (Fsp3) is 0.357. The number of hydrogen-bond acceptors (Lipinski definition) is 3. The van der Waals surface area contributed by atoms with Crippen LogP contribution < -0.4 is 4.90 Å². The first-order valence-electron chi connectivity index (χ1n) is 6.09. The first-order chi connectivity index (χ1) is 9.00. The molecular weight excluding hydrogens is 265 g/mol. The molecule has 0 unspecified atom stereocenters. The summed E-state index contributed by atoms with van der Waals surface area (Å²) in [6.45, 7) is 1.60. The average Bonchev–Trinajstić information content (AvgIpc) is 2.37. The van der Waals surface area contributed by atoms with Crippen molar-refractivity contribution in [3.8, 4) is 0 Å². The Morgan fingerprint density at radius 1 is 1.16 bits per heavy atom. The van der Waals surface area contributed by atoms with Crippen molar-refractivity contribution < 1.29 is 4.39 Å². The van der Waals surface area contributed by atoms with Crippen molar-refractivity contribution in [3.63, 3.8) is 0 Å². The quantitative estimate of drug-likeness (QED) is 0.859. The van der Waals surface area contributed by atoms with Gasteiger partial charge >= 0.3 is 0 Å². The van der Waals surface area contributed by atoms with Crippen LogP contribution in [0.25, 0.3) is 10.9 Å². The molecule has 0 aliphatic rings. The van der Waals surface area contributed by atoms with Gasteiger partial charge < -0.3 is 9.80 Å². The zero-order chi connectivity index (χ0) is 14.0. The Balaban J connectivity index is 2.37. The zero-order valence-corrected chi connectivity index (χ0v) is 12.1. The number of likely N-dealkylation sites (N-methyl/N-ethyl adjacent to an activating group) is 2. The van der Waals surface area contributed by atoms with Gasteiger partial charge in [0.1, 0.15) is 5.52 Å². The summed E-state index contributed by atoms with van der Waals surface area (Å²) in [5.74, 6) is -0.318. The Morgan fingerprint density at radius 3 is 2.58 bits per heavy atom. The number of hydrogen-bond donors (Lipinski definition) is 0. The average molecular weight is 282 g/mol. The molecule has 0 atom stereocenters. The van der Waals surface area contributed by atoms with E-state index in [0.29, 0.717) is 21.6 Å². The molecule has 0 radical (unpaired) electrons. The molecule has 0 aliphatic heterocycles. The van der Waals surface area contributed by atoms with Crippen LogP contribution in [0.15, 0.2) is 24.4 Å². The second-order valence-corrected chi connectivity index (χ2v) is 5.22. The Bertz CT molecular complexity index is 586. The van der Waals surface area contributed by atoms with Crippen molar-refractivity contribution in [2.45, 2.75) is 0 Å². The third-order valence-corrected chi connectivity index (χ3v) is 3.40. The molecule has 1 aromatic carbocycles. The standard InChI is InChI=1S/C14H17ClFN3/c1-18(2)8-9-19(3)12-5-4-10-11(15)6-7-17-14(10)13(12)16/h4-7H,8-9H2,1-3H3. The van der Waals surface area contributed by atoms with Crippen molar-refractivity contribution in [2.24, 2.45) is 0 Å². The monoisotopic (exact) mass is 281 g/mol. The van der Waals surface area contributed by atoms with E-state index in [-0.39, 0.29) is 5.82 Å². The van der Waals surface area contributed by atoms with Gasteiger partial charge in [-0.05, 0) is 32.3 Å². The van der Waals surface area contributed by atoms with E-state index < -0.39 is 0 Å². The van der Waals surface area contributed by atoms with Crippen molar-refractivity contribution in [1.29, 1.82) is 0 Å². The largest absolute Gasteiger partial charge is 0.371 e. The number of halogens is 2. The zero-order valence-electron chi connectivity index (χ0n) is 11.3. The van der Waals surface area contributed by atoms with Crippen LogP contribution in [0.3, 0.4) is 0 Å². The number of benzene rings is 1. The van der Waals surface area contributed by atoms with Gasteiger partial charge in [0.2, 0.25) is 0 Å². The highest BCUT2D eigenvalue weighted by atomic mass is 35.5. The van der Waals surface area contributed by atoms with Crippen LogP contribution in [0.2, 0.25) is 5.02 Å². The lowest BCUT2D eigenvalue weighted by Gasteiger charge is -2.22. The fourth-order valence-corrected chi connectivity index (χ4v) is 2.11. The second-order valence-electron chi connectivity index (χ2n) is 4.81. The minimum Gasteiger partial charge on any atom is -0.371 e. The lowest BCUT2D eigenvalue weighted by atomic mass is 10.1. The van der Waals surface area contributed by atoms with E-state index >= 15 is 0 Å². The highest BCUT2D eigenvalue weighted by Gasteiger charge is 2.13. The van der Waals surface area contributed by atoms with Crippen molar-refractivity contribution in [3.05, 3.63) is 35.2 Å². The van der Waals surface area contributed by atoms with Crippen LogP contribution in [0.1, 0.15) is 0 Å². The topological polar surface area (TPSA) is 19.4 Å². The van der Waals surface area contributed by atoms with Gasteiger partial charge in [-0.2, -0.15) is 0 Å². The number of aromatic nitrogens is 1. The van der Waals surface area contributed by atoms with Gasteiger partial charge in [-0.25, -0.2) is 4.39 Å². The number of fused-ring (bicyclic) bond motifs is 1. The maximum Gasteiger partial charge on any atom is 0.172 e. The molecular formula is C14H17ClFN3. The summed E-state index contributed by atoms with van der Waals surface area (Å²) in [6.07, 6.45) is 1.53. The predicted octanol–water partition coefficient (Wildman–Crippen LogP) is 3.03. The van der Waals surface area contributed by atoms with Crippen molar-refractivity contribution >= 4 is 28.2 Å². The maximum absolute atomic E-state index is 14.4. The Kier molecular flexibility index (Phi) is 4.22. The third kappa shape index (κ3) is 2.96. The van der Waals surface area contributed by atoms with Crippen LogP contribution in [0.5, 0.6) is 0 Å². The number of nitrogens with zero attached hydrogens (tertiary/aromatic N) is 3. The minimum atomic E-state index is -0.318. The molecule has 1 heterocycles. The Morgan fingerprint density at radius 2 is 1.89 bits per heavy atom. The SMILES string of the molecule is CN(C)CCN(C)c1ccc2c(Cl)ccnc2c1F. The van der Waals surface area contributed by atoms with Gasteiger partial charge in [0.25, 0.3) is 0 Å². The summed E-state index contributed by atoms with van der Waals surface area (Å²) in [7, 11) is 5.86. The molecule has 0 saturated carbocycles. The van der Waals surface area contributed by atoms with E-state index in [4.69, 9.17) is 11.6 Å².